The first-order valence-electron chi connectivity index (χ1n) is 6.96. The monoisotopic (exact) mass is 328 g/mol. The van der Waals surface area contributed by atoms with Gasteiger partial charge in [-0.15, -0.1) is 0 Å². The SMILES string of the molecule is CCC1(CC)NC(=O)CN(Cc2cccc(Cl)c2Cl)C1=O. The standard InChI is InChI=1S/C15H18Cl2N2O2/c1-3-15(4-2)14(21)19(9-12(20)18-15)8-10-6-5-7-11(16)13(10)17/h5-7H,3-4,8-9H2,1-2H3,(H,18,20). The Kier molecular flexibility index (Phi) is 4.79. The van der Waals surface area contributed by atoms with Gasteiger partial charge in [-0.05, 0) is 24.5 Å². The summed E-state index contributed by atoms with van der Waals surface area (Å²) in [7, 11) is 0. The molecule has 0 aliphatic carbocycles. The Morgan fingerprint density at radius 1 is 1.24 bits per heavy atom. The van der Waals surface area contributed by atoms with E-state index in [0.29, 0.717) is 22.9 Å². The predicted molar refractivity (Wildman–Crippen MR) is 83.3 cm³/mol. The second-order valence-corrected chi connectivity index (χ2v) is 6.00. The van der Waals surface area contributed by atoms with Crippen molar-refractivity contribution in [2.75, 3.05) is 6.54 Å². The Bertz CT molecular complexity index is 571. The molecule has 0 aromatic heterocycles. The van der Waals surface area contributed by atoms with Gasteiger partial charge >= 0.3 is 0 Å². The zero-order valence-corrected chi connectivity index (χ0v) is 13.6. The molecule has 114 valence electrons. The average molecular weight is 329 g/mol. The third-order valence-electron chi connectivity index (χ3n) is 4.01. The van der Waals surface area contributed by atoms with Gasteiger partial charge in [-0.3, -0.25) is 9.59 Å². The van der Waals surface area contributed by atoms with Crippen molar-refractivity contribution in [3.63, 3.8) is 0 Å². The summed E-state index contributed by atoms with van der Waals surface area (Å²) in [4.78, 5) is 26.2. The van der Waals surface area contributed by atoms with Crippen molar-refractivity contribution in [1.82, 2.24) is 10.2 Å². The minimum absolute atomic E-state index is 0.0451. The molecule has 0 spiro atoms. The number of nitrogens with one attached hydrogen (secondary N) is 1. The zero-order valence-electron chi connectivity index (χ0n) is 12.1. The normalized spacial score (nSPS) is 17.8. The van der Waals surface area contributed by atoms with E-state index >= 15 is 0 Å². The van der Waals surface area contributed by atoms with Gasteiger partial charge in [-0.1, -0.05) is 49.2 Å². The molecule has 1 aliphatic heterocycles. The van der Waals surface area contributed by atoms with Crippen LogP contribution in [0.3, 0.4) is 0 Å². The largest absolute Gasteiger partial charge is 0.340 e. The van der Waals surface area contributed by atoms with Crippen molar-refractivity contribution in [1.29, 1.82) is 0 Å². The van der Waals surface area contributed by atoms with E-state index in [1.807, 2.05) is 19.9 Å². The molecular weight excluding hydrogens is 311 g/mol. The maximum Gasteiger partial charge on any atom is 0.249 e. The first-order valence-corrected chi connectivity index (χ1v) is 7.72. The highest BCUT2D eigenvalue weighted by atomic mass is 35.5. The van der Waals surface area contributed by atoms with Crippen LogP contribution in [0.15, 0.2) is 18.2 Å². The highest BCUT2D eigenvalue weighted by Crippen LogP contribution is 2.29. The summed E-state index contributed by atoms with van der Waals surface area (Å²) in [6.45, 7) is 4.13. The Balaban J connectivity index is 2.28. The van der Waals surface area contributed by atoms with E-state index in [-0.39, 0.29) is 24.9 Å². The second kappa shape index (κ2) is 6.24. The van der Waals surface area contributed by atoms with Crippen molar-refractivity contribution in [2.45, 2.75) is 38.8 Å². The smallest absolute Gasteiger partial charge is 0.249 e. The molecule has 21 heavy (non-hydrogen) atoms. The number of amides is 2. The Hall–Kier alpha value is -1.26. The quantitative estimate of drug-likeness (QED) is 0.923. The topological polar surface area (TPSA) is 49.4 Å². The summed E-state index contributed by atoms with van der Waals surface area (Å²) in [5.41, 5.74) is -0.0614. The fourth-order valence-electron chi connectivity index (χ4n) is 2.64. The van der Waals surface area contributed by atoms with Gasteiger partial charge in [0.15, 0.2) is 0 Å². The third-order valence-corrected chi connectivity index (χ3v) is 4.87. The van der Waals surface area contributed by atoms with Gasteiger partial charge in [0.1, 0.15) is 5.54 Å². The van der Waals surface area contributed by atoms with Crippen LogP contribution in [0.4, 0.5) is 0 Å². The summed E-state index contributed by atoms with van der Waals surface area (Å²) in [6, 6.07) is 5.29. The number of hydrogen-bond acceptors (Lipinski definition) is 2. The number of carbonyl (C=O) groups excluding carboxylic acids is 2. The van der Waals surface area contributed by atoms with Gasteiger partial charge in [0.25, 0.3) is 0 Å². The molecule has 2 rings (SSSR count). The number of nitrogens with zero attached hydrogens (tertiary/aromatic N) is 1. The van der Waals surface area contributed by atoms with Crippen molar-refractivity contribution >= 4 is 35.0 Å². The van der Waals surface area contributed by atoms with Gasteiger partial charge in [0, 0.05) is 6.54 Å². The zero-order chi connectivity index (χ0) is 15.6. The molecule has 4 nitrogen and oxygen atoms in total. The van der Waals surface area contributed by atoms with E-state index in [4.69, 9.17) is 23.2 Å². The number of rotatable bonds is 4. The number of carbonyl (C=O) groups is 2. The summed E-state index contributed by atoms with van der Waals surface area (Å²) in [6.07, 6.45) is 1.13. The number of hydrogen-bond donors (Lipinski definition) is 1. The number of benzene rings is 1. The van der Waals surface area contributed by atoms with E-state index < -0.39 is 5.54 Å². The maximum atomic E-state index is 12.7. The molecule has 0 unspecified atom stereocenters. The van der Waals surface area contributed by atoms with E-state index in [1.54, 1.807) is 17.0 Å². The molecule has 0 bridgehead atoms. The predicted octanol–water partition coefficient (Wildman–Crippen LogP) is 3.01. The maximum absolute atomic E-state index is 12.7. The van der Waals surface area contributed by atoms with Crippen LogP contribution in [0.2, 0.25) is 10.0 Å². The molecule has 0 atom stereocenters. The third kappa shape index (κ3) is 3.01. The van der Waals surface area contributed by atoms with Crippen LogP contribution < -0.4 is 5.32 Å². The van der Waals surface area contributed by atoms with Crippen LogP contribution in [-0.4, -0.2) is 28.8 Å². The van der Waals surface area contributed by atoms with Gasteiger partial charge in [0.05, 0.1) is 16.6 Å². The van der Waals surface area contributed by atoms with E-state index in [2.05, 4.69) is 5.32 Å². The fourth-order valence-corrected chi connectivity index (χ4v) is 3.02. The van der Waals surface area contributed by atoms with Gasteiger partial charge in [0.2, 0.25) is 11.8 Å². The summed E-state index contributed by atoms with van der Waals surface area (Å²) in [5, 5.41) is 3.70. The van der Waals surface area contributed by atoms with Crippen LogP contribution in [0.25, 0.3) is 0 Å². The Morgan fingerprint density at radius 2 is 1.90 bits per heavy atom. The molecule has 1 aromatic carbocycles. The van der Waals surface area contributed by atoms with Crippen LogP contribution in [0, 0.1) is 0 Å². The number of halogens is 2. The Morgan fingerprint density at radius 3 is 2.52 bits per heavy atom. The summed E-state index contributed by atoms with van der Waals surface area (Å²) >= 11 is 12.2. The van der Waals surface area contributed by atoms with Crippen molar-refractivity contribution in [3.05, 3.63) is 33.8 Å². The molecule has 0 saturated carbocycles. The van der Waals surface area contributed by atoms with Crippen molar-refractivity contribution < 1.29 is 9.59 Å². The molecule has 1 fully saturated rings. The molecule has 0 radical (unpaired) electrons. The lowest BCUT2D eigenvalue weighted by molar-refractivity contribution is -0.151. The number of piperazine rings is 1. The highest BCUT2D eigenvalue weighted by Gasteiger charge is 2.43. The molecule has 1 aromatic rings. The lowest BCUT2D eigenvalue weighted by Crippen LogP contribution is -2.65. The molecular formula is C15H18Cl2N2O2. The summed E-state index contributed by atoms with van der Waals surface area (Å²) in [5.74, 6) is -0.209. The lowest BCUT2D eigenvalue weighted by atomic mass is 9.88. The van der Waals surface area contributed by atoms with Crippen molar-refractivity contribution in [2.24, 2.45) is 0 Å². The average Bonchev–Trinajstić information content (AvgIpc) is 2.47. The van der Waals surface area contributed by atoms with Crippen LogP contribution in [-0.2, 0) is 16.1 Å². The first-order chi connectivity index (χ1) is 9.93. The fraction of sp³-hybridized carbons (Fsp3) is 0.467. The highest BCUT2D eigenvalue weighted by molar-refractivity contribution is 6.42. The van der Waals surface area contributed by atoms with E-state index in [0.717, 1.165) is 5.56 Å². The van der Waals surface area contributed by atoms with Gasteiger partial charge in [-0.25, -0.2) is 0 Å². The molecule has 1 saturated heterocycles. The van der Waals surface area contributed by atoms with Crippen molar-refractivity contribution in [3.8, 4) is 0 Å². The van der Waals surface area contributed by atoms with E-state index in [9.17, 15) is 9.59 Å². The second-order valence-electron chi connectivity index (χ2n) is 5.21. The minimum atomic E-state index is -0.805. The van der Waals surface area contributed by atoms with Gasteiger partial charge < -0.3 is 10.2 Å². The van der Waals surface area contributed by atoms with Gasteiger partial charge in [-0.2, -0.15) is 0 Å². The van der Waals surface area contributed by atoms with Crippen LogP contribution >= 0.6 is 23.2 Å². The summed E-state index contributed by atoms with van der Waals surface area (Å²) < 4.78 is 0. The Labute approximate surface area is 134 Å². The molecule has 1 aliphatic rings. The van der Waals surface area contributed by atoms with E-state index in [1.165, 1.54) is 0 Å². The molecule has 2 amide bonds. The van der Waals surface area contributed by atoms with Crippen LogP contribution in [0.5, 0.6) is 0 Å². The molecule has 1 heterocycles. The molecule has 1 N–H and O–H groups in total. The molecule has 6 heteroatoms. The first kappa shape index (κ1) is 16.1. The minimum Gasteiger partial charge on any atom is -0.340 e. The van der Waals surface area contributed by atoms with Crippen LogP contribution in [0.1, 0.15) is 32.3 Å². The lowest BCUT2D eigenvalue weighted by Gasteiger charge is -2.41.